The van der Waals surface area contributed by atoms with Crippen molar-refractivity contribution in [2.24, 2.45) is 11.1 Å². The van der Waals surface area contributed by atoms with E-state index < -0.39 is 30.4 Å². The van der Waals surface area contributed by atoms with Crippen molar-refractivity contribution in [3.63, 3.8) is 0 Å². The fourth-order valence-corrected chi connectivity index (χ4v) is 2.76. The second-order valence-electron chi connectivity index (χ2n) is 6.48. The zero-order chi connectivity index (χ0) is 20.9. The number of hydrogen-bond donors (Lipinski definition) is 2. The number of nitrogens with two attached hydrogens (primary N) is 1. The summed E-state index contributed by atoms with van der Waals surface area (Å²) >= 11 is 0. The van der Waals surface area contributed by atoms with Crippen molar-refractivity contribution < 1.29 is 46.6 Å². The van der Waals surface area contributed by atoms with Crippen LogP contribution in [0, 0.1) is 5.41 Å². The molecule has 28 heavy (non-hydrogen) atoms. The summed E-state index contributed by atoms with van der Waals surface area (Å²) in [6.45, 7) is -0.441. The summed E-state index contributed by atoms with van der Waals surface area (Å²) in [5.74, 6) is -3.44. The molecule has 2 heterocycles. The maximum Gasteiger partial charge on any atom is 0.490 e. The molecule has 1 unspecified atom stereocenters. The zero-order valence-electron chi connectivity index (χ0n) is 14.8. The molecule has 10 nitrogen and oxygen atoms in total. The molecule has 0 aliphatic carbocycles. The normalized spacial score (nSPS) is 19.8. The van der Waals surface area contributed by atoms with Gasteiger partial charge in [0.25, 0.3) is 0 Å². The second-order valence-corrected chi connectivity index (χ2v) is 6.48. The molecule has 0 bridgehead atoms. The summed E-state index contributed by atoms with van der Waals surface area (Å²) in [4.78, 5) is 47.0. The summed E-state index contributed by atoms with van der Waals surface area (Å²) in [5.41, 5.74) is 4.45. The van der Waals surface area contributed by atoms with E-state index >= 15 is 0 Å². The highest BCUT2D eigenvalue weighted by molar-refractivity contribution is 6.02. The molecule has 3 N–H and O–H groups in total. The number of rotatable bonds is 8. The lowest BCUT2D eigenvalue weighted by Crippen LogP contribution is -2.67. The van der Waals surface area contributed by atoms with Crippen LogP contribution in [0.25, 0.3) is 0 Å². The van der Waals surface area contributed by atoms with Crippen LogP contribution in [0.2, 0.25) is 0 Å². The van der Waals surface area contributed by atoms with E-state index in [0.717, 1.165) is 0 Å². The van der Waals surface area contributed by atoms with E-state index in [1.165, 1.54) is 4.90 Å². The van der Waals surface area contributed by atoms with Crippen molar-refractivity contribution in [2.45, 2.75) is 25.2 Å². The molecule has 13 heteroatoms. The number of piperidine rings is 1. The van der Waals surface area contributed by atoms with Gasteiger partial charge in [-0.15, -0.1) is 0 Å². The Morgan fingerprint density at radius 2 is 1.86 bits per heavy atom. The number of ether oxygens (including phenoxy) is 3. The molecular formula is C15H20F3N3O7. The van der Waals surface area contributed by atoms with Crippen molar-refractivity contribution in [2.75, 3.05) is 39.5 Å². The van der Waals surface area contributed by atoms with Crippen molar-refractivity contribution in [3.8, 4) is 0 Å². The van der Waals surface area contributed by atoms with Gasteiger partial charge in [0.1, 0.15) is 6.61 Å². The maximum atomic E-state index is 12.0. The van der Waals surface area contributed by atoms with E-state index in [9.17, 15) is 32.3 Å². The SMILES string of the molecule is NC(COCCOCC(=O)N1CC2(CCC(=O)NC2=O)C1)OC(=O)C(F)(F)F. The molecule has 0 aromatic heterocycles. The van der Waals surface area contributed by atoms with E-state index in [-0.39, 0.29) is 57.1 Å². The minimum atomic E-state index is -5.13. The van der Waals surface area contributed by atoms with Gasteiger partial charge in [-0.25, -0.2) is 4.79 Å². The number of hydrogen-bond acceptors (Lipinski definition) is 8. The second kappa shape index (κ2) is 8.84. The van der Waals surface area contributed by atoms with Gasteiger partial charge in [-0.05, 0) is 6.42 Å². The number of likely N-dealkylation sites (tertiary alicyclic amines) is 1. The molecule has 1 spiro atoms. The van der Waals surface area contributed by atoms with Gasteiger partial charge in [0.05, 0.1) is 25.2 Å². The maximum absolute atomic E-state index is 12.0. The number of amides is 3. The highest BCUT2D eigenvalue weighted by Crippen LogP contribution is 2.37. The lowest BCUT2D eigenvalue weighted by Gasteiger charge is -2.50. The predicted octanol–water partition coefficient (Wildman–Crippen LogP) is -1.32. The number of imide groups is 1. The number of carbonyl (C=O) groups is 4. The van der Waals surface area contributed by atoms with Crippen LogP contribution in [0.5, 0.6) is 0 Å². The lowest BCUT2D eigenvalue weighted by molar-refractivity contribution is -0.206. The Morgan fingerprint density at radius 3 is 2.46 bits per heavy atom. The molecule has 1 atom stereocenters. The van der Waals surface area contributed by atoms with Crippen molar-refractivity contribution in [1.82, 2.24) is 10.2 Å². The molecule has 2 saturated heterocycles. The third kappa shape index (κ3) is 5.62. The van der Waals surface area contributed by atoms with Gasteiger partial charge in [0.2, 0.25) is 17.7 Å². The summed E-state index contributed by atoms with van der Waals surface area (Å²) in [7, 11) is 0. The number of nitrogens with one attached hydrogen (secondary N) is 1. The number of nitrogens with zero attached hydrogens (tertiary/aromatic N) is 1. The lowest BCUT2D eigenvalue weighted by atomic mass is 9.73. The molecule has 2 fully saturated rings. The van der Waals surface area contributed by atoms with Gasteiger partial charge in [0.15, 0.2) is 6.23 Å². The number of esters is 1. The topological polar surface area (TPSA) is 137 Å². The van der Waals surface area contributed by atoms with Crippen LogP contribution in [-0.4, -0.2) is 80.5 Å². The van der Waals surface area contributed by atoms with Gasteiger partial charge in [-0.2, -0.15) is 13.2 Å². The highest BCUT2D eigenvalue weighted by Gasteiger charge is 2.53. The van der Waals surface area contributed by atoms with Crippen molar-refractivity contribution in [1.29, 1.82) is 0 Å². The minimum Gasteiger partial charge on any atom is -0.438 e. The fourth-order valence-electron chi connectivity index (χ4n) is 2.76. The van der Waals surface area contributed by atoms with Gasteiger partial charge in [-0.3, -0.25) is 25.4 Å². The molecule has 0 aromatic carbocycles. The summed E-state index contributed by atoms with van der Waals surface area (Å²) < 4.78 is 49.8. The fraction of sp³-hybridized carbons (Fsp3) is 0.733. The first kappa shape index (κ1) is 22.0. The van der Waals surface area contributed by atoms with E-state index in [1.807, 2.05) is 0 Å². The third-order valence-corrected chi connectivity index (χ3v) is 4.27. The van der Waals surface area contributed by atoms with Gasteiger partial charge in [0, 0.05) is 19.5 Å². The number of carbonyl (C=O) groups excluding carboxylic acids is 4. The first-order valence-corrected chi connectivity index (χ1v) is 8.34. The summed E-state index contributed by atoms with van der Waals surface area (Å²) in [5, 5.41) is 2.26. The summed E-state index contributed by atoms with van der Waals surface area (Å²) in [6.07, 6.45) is -6.08. The Balaban J connectivity index is 1.54. The van der Waals surface area contributed by atoms with Crippen molar-refractivity contribution in [3.05, 3.63) is 0 Å². The predicted molar refractivity (Wildman–Crippen MR) is 83.2 cm³/mol. The van der Waals surface area contributed by atoms with Crippen LogP contribution in [0.15, 0.2) is 0 Å². The molecule has 2 aliphatic heterocycles. The first-order chi connectivity index (χ1) is 13.0. The highest BCUT2D eigenvalue weighted by atomic mass is 19.4. The third-order valence-electron chi connectivity index (χ3n) is 4.27. The van der Waals surface area contributed by atoms with Crippen molar-refractivity contribution >= 4 is 23.7 Å². The van der Waals surface area contributed by atoms with E-state index in [2.05, 4.69) is 10.1 Å². The Labute approximate surface area is 157 Å². The number of halogens is 3. The van der Waals surface area contributed by atoms with Gasteiger partial charge < -0.3 is 19.1 Å². The number of alkyl halides is 3. The first-order valence-electron chi connectivity index (χ1n) is 8.34. The molecule has 0 radical (unpaired) electrons. The van der Waals surface area contributed by atoms with Crippen LogP contribution in [0.4, 0.5) is 13.2 Å². The van der Waals surface area contributed by atoms with E-state index in [1.54, 1.807) is 0 Å². The van der Waals surface area contributed by atoms with Crippen LogP contribution < -0.4 is 11.1 Å². The smallest absolute Gasteiger partial charge is 0.438 e. The Morgan fingerprint density at radius 1 is 1.21 bits per heavy atom. The molecular weight excluding hydrogens is 391 g/mol. The summed E-state index contributed by atoms with van der Waals surface area (Å²) in [6, 6.07) is 0. The monoisotopic (exact) mass is 411 g/mol. The average Bonchev–Trinajstić information content (AvgIpc) is 2.55. The molecule has 3 amide bonds. The standard InChI is InChI=1S/C15H20F3N3O7/c16-15(17,18)13(25)28-9(19)5-26-3-4-27-6-11(23)21-7-14(8-21)2-1-10(22)20-12(14)24/h9H,1-8,19H2,(H,20,22,24). The Hall–Kier alpha value is -2.25. The quantitative estimate of drug-likeness (QED) is 0.217. The van der Waals surface area contributed by atoms with E-state index in [0.29, 0.717) is 6.42 Å². The van der Waals surface area contributed by atoms with Crippen LogP contribution >= 0.6 is 0 Å². The molecule has 2 rings (SSSR count). The minimum absolute atomic E-state index is 0.0420. The van der Waals surface area contributed by atoms with Crippen LogP contribution in [0.3, 0.4) is 0 Å². The Bertz CT molecular complexity index is 635. The van der Waals surface area contributed by atoms with Crippen LogP contribution in [-0.2, 0) is 33.4 Å². The van der Waals surface area contributed by atoms with E-state index in [4.69, 9.17) is 15.2 Å². The zero-order valence-corrected chi connectivity index (χ0v) is 14.8. The Kier molecular flexibility index (Phi) is 6.96. The molecule has 158 valence electrons. The molecule has 0 saturated carbocycles. The molecule has 0 aromatic rings. The molecule has 2 aliphatic rings. The largest absolute Gasteiger partial charge is 0.490 e. The van der Waals surface area contributed by atoms with Crippen LogP contribution in [0.1, 0.15) is 12.8 Å². The van der Waals surface area contributed by atoms with Gasteiger partial charge in [-0.1, -0.05) is 0 Å². The average molecular weight is 411 g/mol. The van der Waals surface area contributed by atoms with Gasteiger partial charge >= 0.3 is 12.1 Å².